The smallest absolute Gasteiger partial charge is 0.121 e. The predicted octanol–water partition coefficient (Wildman–Crippen LogP) is 2.69. The predicted molar refractivity (Wildman–Crippen MR) is 73.4 cm³/mol. The first-order valence-corrected chi connectivity index (χ1v) is 6.58. The van der Waals surface area contributed by atoms with Gasteiger partial charge >= 0.3 is 0 Å². The zero-order valence-electron chi connectivity index (χ0n) is 10.8. The molecule has 1 aromatic heterocycles. The molecule has 0 aliphatic carbocycles. The minimum absolute atomic E-state index is 0.0869. The molecule has 0 amide bonds. The van der Waals surface area contributed by atoms with Gasteiger partial charge in [0.15, 0.2) is 0 Å². The first-order valence-electron chi connectivity index (χ1n) is 6.58. The summed E-state index contributed by atoms with van der Waals surface area (Å²) >= 11 is 0. The summed E-state index contributed by atoms with van der Waals surface area (Å²) in [4.78, 5) is 8.92. The van der Waals surface area contributed by atoms with Crippen molar-refractivity contribution < 1.29 is 4.74 Å². The second-order valence-electron chi connectivity index (χ2n) is 5.19. The summed E-state index contributed by atoms with van der Waals surface area (Å²) in [6.45, 7) is 1.05. The maximum absolute atomic E-state index is 5.28. The number of fused-ring (bicyclic) bond motifs is 4. The van der Waals surface area contributed by atoms with E-state index in [0.29, 0.717) is 0 Å². The van der Waals surface area contributed by atoms with Crippen LogP contribution in [0.5, 0.6) is 5.75 Å². The fraction of sp³-hybridized carbons (Fsp3) is 0.333. The Morgan fingerprint density at radius 1 is 1.37 bits per heavy atom. The van der Waals surface area contributed by atoms with Gasteiger partial charge in [-0.05, 0) is 24.5 Å². The Morgan fingerprint density at radius 2 is 2.32 bits per heavy atom. The molecule has 0 fully saturated rings. The number of aryl methyl sites for hydroxylation is 1. The van der Waals surface area contributed by atoms with E-state index in [-0.39, 0.29) is 5.41 Å². The maximum atomic E-state index is 5.28. The molecular formula is C15H15N3O. The second-order valence-corrected chi connectivity index (χ2v) is 5.19. The van der Waals surface area contributed by atoms with Gasteiger partial charge in [0.2, 0.25) is 0 Å². The summed E-state index contributed by atoms with van der Waals surface area (Å²) in [6, 6.07) is 6.17. The number of hydrogen-bond acceptors (Lipinski definition) is 3. The molecule has 0 saturated carbocycles. The van der Waals surface area contributed by atoms with E-state index < -0.39 is 0 Å². The van der Waals surface area contributed by atoms with Gasteiger partial charge in [-0.2, -0.15) is 0 Å². The average Bonchev–Trinajstić information content (AvgIpc) is 3.05. The summed E-state index contributed by atoms with van der Waals surface area (Å²) in [5.74, 6) is 0.859. The normalized spacial score (nSPS) is 23.4. The highest BCUT2D eigenvalue weighted by atomic mass is 16.5. The quantitative estimate of drug-likeness (QED) is 0.783. The van der Waals surface area contributed by atoms with Gasteiger partial charge in [-0.3, -0.25) is 4.99 Å². The van der Waals surface area contributed by atoms with Gasteiger partial charge in [0.05, 0.1) is 30.2 Å². The van der Waals surface area contributed by atoms with Crippen LogP contribution in [0.15, 0.2) is 35.7 Å². The van der Waals surface area contributed by atoms with Gasteiger partial charge in [0, 0.05) is 25.0 Å². The fourth-order valence-corrected chi connectivity index (χ4v) is 3.30. The molecule has 4 rings (SSSR count). The van der Waals surface area contributed by atoms with Crippen LogP contribution in [-0.2, 0) is 12.0 Å². The summed E-state index contributed by atoms with van der Waals surface area (Å²) in [6.07, 6.45) is 8.24. The Hall–Kier alpha value is -2.10. The van der Waals surface area contributed by atoms with Crippen LogP contribution in [0.3, 0.4) is 0 Å². The lowest BCUT2D eigenvalue weighted by Gasteiger charge is -2.33. The van der Waals surface area contributed by atoms with Gasteiger partial charge in [0.1, 0.15) is 5.75 Å². The highest BCUT2D eigenvalue weighted by molar-refractivity contribution is 5.89. The van der Waals surface area contributed by atoms with E-state index in [9.17, 15) is 0 Å². The number of methoxy groups -OCH3 is 1. The van der Waals surface area contributed by atoms with Crippen molar-refractivity contribution >= 4 is 11.9 Å². The number of rotatable bonds is 1. The van der Waals surface area contributed by atoms with Crippen LogP contribution >= 0.6 is 0 Å². The number of hydrogen-bond donors (Lipinski definition) is 0. The molecule has 0 radical (unpaired) electrons. The molecule has 0 N–H and O–H groups in total. The SMILES string of the molecule is COc1ccc2c(c1)N=CC21CCCn2cncc21. The van der Waals surface area contributed by atoms with Gasteiger partial charge in [-0.15, -0.1) is 0 Å². The van der Waals surface area contributed by atoms with Crippen molar-refractivity contribution in [1.82, 2.24) is 9.55 Å². The number of benzene rings is 1. The molecule has 0 saturated heterocycles. The maximum Gasteiger partial charge on any atom is 0.121 e. The first kappa shape index (κ1) is 10.8. The summed E-state index contributed by atoms with van der Waals surface area (Å²) in [5, 5.41) is 0. The van der Waals surface area contributed by atoms with Crippen molar-refractivity contribution in [1.29, 1.82) is 0 Å². The first-order chi connectivity index (χ1) is 9.33. The molecule has 1 spiro atoms. The number of aliphatic imine (C=N–C) groups is 1. The van der Waals surface area contributed by atoms with Crippen LogP contribution in [0.1, 0.15) is 24.1 Å². The summed E-state index contributed by atoms with van der Waals surface area (Å²) < 4.78 is 7.52. The van der Waals surface area contributed by atoms with Crippen molar-refractivity contribution in [2.45, 2.75) is 24.8 Å². The van der Waals surface area contributed by atoms with E-state index in [2.05, 4.69) is 26.8 Å². The summed E-state index contributed by atoms with van der Waals surface area (Å²) in [7, 11) is 1.69. The van der Waals surface area contributed by atoms with E-state index in [1.165, 1.54) is 11.3 Å². The van der Waals surface area contributed by atoms with Crippen LogP contribution in [0, 0.1) is 0 Å². The van der Waals surface area contributed by atoms with E-state index in [1.54, 1.807) is 7.11 Å². The summed E-state index contributed by atoms with van der Waals surface area (Å²) in [5.41, 5.74) is 3.46. The largest absolute Gasteiger partial charge is 0.497 e. The molecule has 4 heteroatoms. The molecule has 2 aromatic rings. The van der Waals surface area contributed by atoms with Crippen molar-refractivity contribution in [3.63, 3.8) is 0 Å². The third kappa shape index (κ3) is 1.34. The molecular weight excluding hydrogens is 238 g/mol. The fourth-order valence-electron chi connectivity index (χ4n) is 3.30. The van der Waals surface area contributed by atoms with Gasteiger partial charge in [-0.1, -0.05) is 6.07 Å². The second kappa shape index (κ2) is 3.70. The van der Waals surface area contributed by atoms with Gasteiger partial charge in [0.25, 0.3) is 0 Å². The number of nitrogens with zero attached hydrogens (tertiary/aromatic N) is 3. The molecule has 0 bridgehead atoms. The Kier molecular flexibility index (Phi) is 2.10. The minimum atomic E-state index is -0.0869. The molecule has 1 unspecified atom stereocenters. The Balaban J connectivity index is 1.92. The van der Waals surface area contributed by atoms with Crippen molar-refractivity contribution in [2.75, 3.05) is 7.11 Å². The van der Waals surface area contributed by atoms with Crippen molar-refractivity contribution in [3.8, 4) is 5.75 Å². The number of aromatic nitrogens is 2. The van der Waals surface area contributed by atoms with Crippen LogP contribution in [0.2, 0.25) is 0 Å². The molecule has 1 atom stereocenters. The Bertz CT molecular complexity index is 674. The highest BCUT2D eigenvalue weighted by Crippen LogP contribution is 2.47. The minimum Gasteiger partial charge on any atom is -0.497 e. The van der Waals surface area contributed by atoms with Gasteiger partial charge < -0.3 is 9.30 Å². The van der Waals surface area contributed by atoms with Crippen LogP contribution < -0.4 is 4.74 Å². The molecule has 96 valence electrons. The molecule has 1 aromatic carbocycles. The van der Waals surface area contributed by atoms with Crippen LogP contribution in [-0.4, -0.2) is 22.9 Å². The van der Waals surface area contributed by atoms with Crippen molar-refractivity contribution in [2.24, 2.45) is 4.99 Å². The average molecular weight is 253 g/mol. The monoisotopic (exact) mass is 253 g/mol. The topological polar surface area (TPSA) is 39.4 Å². The Labute approximate surface area is 111 Å². The highest BCUT2D eigenvalue weighted by Gasteiger charge is 2.42. The van der Waals surface area contributed by atoms with E-state index in [0.717, 1.165) is 30.8 Å². The van der Waals surface area contributed by atoms with Gasteiger partial charge in [-0.25, -0.2) is 4.98 Å². The molecule has 4 nitrogen and oxygen atoms in total. The Morgan fingerprint density at radius 3 is 3.21 bits per heavy atom. The standard InChI is InChI=1S/C15H15N3O/c1-19-11-3-4-12-13(7-11)17-9-15(12)5-2-6-18-10-16-8-14(15)18/h3-4,7-10H,2,5-6H2,1H3. The number of imidazole rings is 1. The van der Waals surface area contributed by atoms with Crippen molar-refractivity contribution in [3.05, 3.63) is 42.0 Å². The molecule has 2 aliphatic heterocycles. The molecule has 19 heavy (non-hydrogen) atoms. The zero-order chi connectivity index (χ0) is 12.9. The third-order valence-corrected chi connectivity index (χ3v) is 4.25. The number of ether oxygens (including phenoxy) is 1. The van der Waals surface area contributed by atoms with E-state index in [4.69, 9.17) is 4.74 Å². The third-order valence-electron chi connectivity index (χ3n) is 4.25. The van der Waals surface area contributed by atoms with E-state index >= 15 is 0 Å². The van der Waals surface area contributed by atoms with E-state index in [1.807, 2.05) is 24.7 Å². The lowest BCUT2D eigenvalue weighted by atomic mass is 9.74. The zero-order valence-corrected chi connectivity index (χ0v) is 10.8. The molecule has 3 heterocycles. The lowest BCUT2D eigenvalue weighted by molar-refractivity contribution is 0.414. The van der Waals surface area contributed by atoms with Crippen LogP contribution in [0.25, 0.3) is 0 Å². The van der Waals surface area contributed by atoms with Crippen LogP contribution in [0.4, 0.5) is 5.69 Å². The lowest BCUT2D eigenvalue weighted by Crippen LogP contribution is -2.34. The molecule has 2 aliphatic rings.